The molecule has 0 radical (unpaired) electrons. The normalized spacial score (nSPS) is 11.4. The van der Waals surface area contributed by atoms with Crippen LogP contribution in [-0.2, 0) is 6.54 Å². The number of hydrogen-bond donors (Lipinski definition) is 1. The molecular formula is C10H14N4. The van der Waals surface area contributed by atoms with Crippen molar-refractivity contribution in [2.45, 2.75) is 6.54 Å². The largest absolute Gasteiger partial charge is 0.396 e. The van der Waals surface area contributed by atoms with Crippen LogP contribution in [0.3, 0.4) is 0 Å². The first-order valence-corrected chi connectivity index (χ1v) is 4.53. The van der Waals surface area contributed by atoms with Crippen molar-refractivity contribution >= 4 is 11.3 Å². The van der Waals surface area contributed by atoms with Crippen LogP contribution >= 0.6 is 0 Å². The zero-order chi connectivity index (χ0) is 10.1. The molecule has 0 amide bonds. The van der Waals surface area contributed by atoms with Crippen molar-refractivity contribution in [2.24, 2.45) is 0 Å². The van der Waals surface area contributed by atoms with Gasteiger partial charge in [-0.2, -0.15) is 0 Å². The zero-order valence-corrected chi connectivity index (χ0v) is 8.44. The molecule has 0 aromatic carbocycles. The molecule has 0 aliphatic carbocycles. The van der Waals surface area contributed by atoms with E-state index in [0.717, 1.165) is 23.6 Å². The predicted molar refractivity (Wildman–Crippen MR) is 57.0 cm³/mol. The minimum absolute atomic E-state index is 0.720. The molecule has 0 bridgehead atoms. The number of anilines is 1. The third-order valence-corrected chi connectivity index (χ3v) is 2.12. The number of nitrogen functional groups attached to an aromatic ring is 1. The van der Waals surface area contributed by atoms with Crippen molar-refractivity contribution in [3.8, 4) is 0 Å². The molecule has 2 aromatic rings. The van der Waals surface area contributed by atoms with Crippen LogP contribution in [0.25, 0.3) is 5.65 Å². The van der Waals surface area contributed by atoms with Crippen molar-refractivity contribution in [1.29, 1.82) is 0 Å². The van der Waals surface area contributed by atoms with Crippen molar-refractivity contribution in [3.63, 3.8) is 0 Å². The topological polar surface area (TPSA) is 46.6 Å². The summed E-state index contributed by atoms with van der Waals surface area (Å²) in [5.41, 5.74) is 8.51. The molecule has 0 atom stereocenters. The van der Waals surface area contributed by atoms with Gasteiger partial charge in [-0.05, 0) is 26.2 Å². The molecule has 14 heavy (non-hydrogen) atoms. The Morgan fingerprint density at radius 2 is 2.29 bits per heavy atom. The predicted octanol–water partition coefficient (Wildman–Crippen LogP) is 0.978. The molecule has 0 saturated carbocycles. The van der Waals surface area contributed by atoms with E-state index in [1.54, 1.807) is 0 Å². The number of nitrogens with zero attached hydrogens (tertiary/aromatic N) is 3. The number of imidazole rings is 1. The van der Waals surface area contributed by atoms with Crippen LogP contribution in [0.15, 0.2) is 24.5 Å². The first kappa shape index (κ1) is 9.02. The fourth-order valence-electron chi connectivity index (χ4n) is 1.52. The first-order chi connectivity index (χ1) is 6.68. The number of nitrogens with two attached hydrogens (primary N) is 1. The molecule has 0 spiro atoms. The highest BCUT2D eigenvalue weighted by Gasteiger charge is 2.05. The molecule has 2 heterocycles. The van der Waals surface area contributed by atoms with Crippen LogP contribution in [0.4, 0.5) is 5.69 Å². The molecule has 0 fully saturated rings. The van der Waals surface area contributed by atoms with Gasteiger partial charge in [0.25, 0.3) is 0 Å². The monoisotopic (exact) mass is 190 g/mol. The van der Waals surface area contributed by atoms with E-state index in [1.807, 2.05) is 43.0 Å². The molecule has 0 saturated heterocycles. The second-order valence-corrected chi connectivity index (χ2v) is 3.64. The van der Waals surface area contributed by atoms with E-state index in [1.165, 1.54) is 0 Å². The molecule has 74 valence electrons. The number of fused-ring (bicyclic) bond motifs is 1. The fraction of sp³-hybridized carbons (Fsp3) is 0.300. The Hall–Kier alpha value is -1.55. The Kier molecular flexibility index (Phi) is 2.13. The molecule has 0 unspecified atom stereocenters. The molecule has 0 aliphatic rings. The van der Waals surface area contributed by atoms with Crippen LogP contribution in [0.5, 0.6) is 0 Å². The summed E-state index contributed by atoms with van der Waals surface area (Å²) in [7, 11) is 4.07. The van der Waals surface area contributed by atoms with E-state index in [4.69, 9.17) is 5.73 Å². The van der Waals surface area contributed by atoms with Crippen LogP contribution in [0, 0.1) is 0 Å². The average molecular weight is 190 g/mol. The number of rotatable bonds is 2. The van der Waals surface area contributed by atoms with E-state index >= 15 is 0 Å². The third-order valence-electron chi connectivity index (χ3n) is 2.12. The lowest BCUT2D eigenvalue weighted by Crippen LogP contribution is -2.12. The molecule has 0 aliphatic heterocycles. The minimum atomic E-state index is 0.720. The lowest BCUT2D eigenvalue weighted by molar-refractivity contribution is 0.395. The van der Waals surface area contributed by atoms with Gasteiger partial charge < -0.3 is 15.0 Å². The van der Waals surface area contributed by atoms with E-state index in [0.29, 0.717) is 0 Å². The number of hydrogen-bond acceptors (Lipinski definition) is 3. The van der Waals surface area contributed by atoms with Gasteiger partial charge in [0.15, 0.2) is 5.65 Å². The van der Waals surface area contributed by atoms with Gasteiger partial charge in [-0.1, -0.05) is 0 Å². The summed E-state index contributed by atoms with van der Waals surface area (Å²) in [6, 6.07) is 3.80. The van der Waals surface area contributed by atoms with Crippen molar-refractivity contribution < 1.29 is 0 Å². The Balaban J connectivity index is 2.52. The van der Waals surface area contributed by atoms with Gasteiger partial charge in [0.1, 0.15) is 0 Å². The summed E-state index contributed by atoms with van der Waals surface area (Å²) in [6.45, 7) is 0.866. The summed E-state index contributed by atoms with van der Waals surface area (Å²) < 4.78 is 2.02. The summed E-state index contributed by atoms with van der Waals surface area (Å²) in [6.07, 6.45) is 3.85. The Bertz CT molecular complexity index is 444. The summed E-state index contributed by atoms with van der Waals surface area (Å²) in [4.78, 5) is 6.39. The fourth-order valence-corrected chi connectivity index (χ4v) is 1.52. The highest BCUT2D eigenvalue weighted by atomic mass is 15.1. The second-order valence-electron chi connectivity index (χ2n) is 3.64. The average Bonchev–Trinajstić information content (AvgIpc) is 2.49. The summed E-state index contributed by atoms with van der Waals surface area (Å²) in [5, 5.41) is 0. The maximum atomic E-state index is 5.80. The van der Waals surface area contributed by atoms with E-state index in [-0.39, 0.29) is 0 Å². The van der Waals surface area contributed by atoms with Crippen LogP contribution in [0.2, 0.25) is 0 Å². The maximum absolute atomic E-state index is 5.80. The van der Waals surface area contributed by atoms with Gasteiger partial charge in [-0.25, -0.2) is 4.98 Å². The number of aromatic nitrogens is 2. The van der Waals surface area contributed by atoms with Gasteiger partial charge in [0.2, 0.25) is 0 Å². The second kappa shape index (κ2) is 3.31. The van der Waals surface area contributed by atoms with E-state index in [9.17, 15) is 0 Å². The molecule has 4 heteroatoms. The zero-order valence-electron chi connectivity index (χ0n) is 8.44. The van der Waals surface area contributed by atoms with Gasteiger partial charge in [-0.15, -0.1) is 0 Å². The van der Waals surface area contributed by atoms with E-state index < -0.39 is 0 Å². The lowest BCUT2D eigenvalue weighted by atomic mass is 10.4. The quantitative estimate of drug-likeness (QED) is 0.767. The van der Waals surface area contributed by atoms with Gasteiger partial charge in [0.05, 0.1) is 17.6 Å². The molecule has 2 aromatic heterocycles. The number of pyridine rings is 1. The Morgan fingerprint density at radius 3 is 3.00 bits per heavy atom. The maximum Gasteiger partial charge on any atom is 0.160 e. The highest BCUT2D eigenvalue weighted by molar-refractivity contribution is 5.64. The van der Waals surface area contributed by atoms with Crippen molar-refractivity contribution in [3.05, 3.63) is 30.2 Å². The molecule has 2 N–H and O–H groups in total. The molecular weight excluding hydrogens is 176 g/mol. The van der Waals surface area contributed by atoms with Crippen molar-refractivity contribution in [2.75, 3.05) is 19.8 Å². The lowest BCUT2D eigenvalue weighted by Gasteiger charge is -2.08. The first-order valence-electron chi connectivity index (χ1n) is 4.53. The van der Waals surface area contributed by atoms with Crippen molar-refractivity contribution in [1.82, 2.24) is 14.3 Å². The minimum Gasteiger partial charge on any atom is -0.396 e. The smallest absolute Gasteiger partial charge is 0.160 e. The van der Waals surface area contributed by atoms with Gasteiger partial charge in [-0.3, -0.25) is 0 Å². The summed E-state index contributed by atoms with van der Waals surface area (Å²) in [5.74, 6) is 0. The summed E-state index contributed by atoms with van der Waals surface area (Å²) >= 11 is 0. The Morgan fingerprint density at radius 1 is 1.50 bits per heavy atom. The van der Waals surface area contributed by atoms with Crippen LogP contribution in [-0.4, -0.2) is 28.4 Å². The highest BCUT2D eigenvalue weighted by Crippen LogP contribution is 2.13. The Labute approximate surface area is 83.0 Å². The van der Waals surface area contributed by atoms with Crippen LogP contribution in [0.1, 0.15) is 5.69 Å². The van der Waals surface area contributed by atoms with Crippen LogP contribution < -0.4 is 5.73 Å². The SMILES string of the molecule is CN(C)Cc1cnc2c(N)cccn12. The third kappa shape index (κ3) is 1.44. The molecule has 4 nitrogen and oxygen atoms in total. The molecule has 2 rings (SSSR count). The van der Waals surface area contributed by atoms with E-state index in [2.05, 4.69) is 9.88 Å². The van der Waals surface area contributed by atoms with Gasteiger partial charge in [0, 0.05) is 12.7 Å². The van der Waals surface area contributed by atoms with Gasteiger partial charge >= 0.3 is 0 Å². The standard InChI is InChI=1S/C10H14N4/c1-13(2)7-8-6-12-10-9(11)4-3-5-14(8)10/h3-6H,7,11H2,1-2H3.